The maximum Gasteiger partial charge on any atom is 0.272 e. The van der Waals surface area contributed by atoms with E-state index in [9.17, 15) is 22.4 Å². The average Bonchev–Trinajstić information content (AvgIpc) is 3.17. The molecule has 0 fully saturated rings. The number of aryl methyl sites for hydroxylation is 2. The van der Waals surface area contributed by atoms with E-state index >= 15 is 0 Å². The molecule has 36 heavy (non-hydrogen) atoms. The van der Waals surface area contributed by atoms with Crippen LogP contribution in [0, 0.1) is 37.1 Å². The molecule has 0 aliphatic carbocycles. The minimum atomic E-state index is -1.28. The number of pyridine rings is 1. The number of thioether (sulfide) groups is 1. The molecular weight excluding hydrogens is 492 g/mol. The zero-order valence-corrected chi connectivity index (χ0v) is 20.5. The highest BCUT2D eigenvalue weighted by Crippen LogP contribution is 2.31. The van der Waals surface area contributed by atoms with Gasteiger partial charge >= 0.3 is 0 Å². The number of imidazole rings is 1. The molecule has 0 bridgehead atoms. The Labute approximate surface area is 209 Å². The molecule has 4 rings (SSSR count). The number of halogens is 4. The molecule has 0 aliphatic heterocycles. The molecule has 2 heterocycles. The normalized spacial score (nSPS) is 11.1. The van der Waals surface area contributed by atoms with E-state index in [4.69, 9.17) is 0 Å². The molecule has 4 aromatic rings. The minimum absolute atomic E-state index is 0.220. The zero-order chi connectivity index (χ0) is 26.0. The van der Waals surface area contributed by atoms with Crippen LogP contribution in [0.4, 0.5) is 17.6 Å². The smallest absolute Gasteiger partial charge is 0.272 e. The van der Waals surface area contributed by atoms with Gasteiger partial charge in [0.25, 0.3) is 5.91 Å². The van der Waals surface area contributed by atoms with E-state index in [-0.39, 0.29) is 22.5 Å². The Morgan fingerprint density at radius 1 is 1.00 bits per heavy atom. The zero-order valence-electron chi connectivity index (χ0n) is 19.7. The van der Waals surface area contributed by atoms with Crippen molar-refractivity contribution in [3.8, 4) is 5.69 Å². The lowest BCUT2D eigenvalue weighted by atomic mass is 10.2. The highest BCUT2D eigenvalue weighted by molar-refractivity contribution is 7.98. The number of rotatable bonds is 7. The first-order valence-corrected chi connectivity index (χ1v) is 11.9. The molecule has 0 saturated heterocycles. The van der Waals surface area contributed by atoms with Crippen molar-refractivity contribution >= 4 is 17.7 Å². The maximum absolute atomic E-state index is 14.2. The summed E-state index contributed by atoms with van der Waals surface area (Å²) < 4.78 is 57.3. The summed E-state index contributed by atoms with van der Waals surface area (Å²) in [5, 5.41) is 0.249. The first kappa shape index (κ1) is 25.4. The van der Waals surface area contributed by atoms with E-state index < -0.39 is 28.8 Å². The Bertz CT molecular complexity index is 1420. The molecule has 0 N–H and O–H groups in total. The van der Waals surface area contributed by atoms with Gasteiger partial charge in [-0.1, -0.05) is 11.8 Å². The summed E-state index contributed by atoms with van der Waals surface area (Å²) in [6.45, 7) is 3.80. The number of amides is 1. The number of hydrogen-bond acceptors (Lipinski definition) is 4. The van der Waals surface area contributed by atoms with Crippen LogP contribution in [-0.4, -0.2) is 32.4 Å². The van der Waals surface area contributed by atoms with Gasteiger partial charge in [0.1, 0.15) is 17.3 Å². The van der Waals surface area contributed by atoms with Gasteiger partial charge in [-0.3, -0.25) is 14.3 Å². The molecule has 0 aliphatic rings. The van der Waals surface area contributed by atoms with Gasteiger partial charge in [-0.05, 0) is 67.9 Å². The van der Waals surface area contributed by atoms with Crippen LogP contribution in [0.3, 0.4) is 0 Å². The molecule has 0 radical (unpaired) electrons. The first-order chi connectivity index (χ1) is 17.2. The summed E-state index contributed by atoms with van der Waals surface area (Å²) in [7, 11) is 1.64. The first-order valence-electron chi connectivity index (χ1n) is 10.9. The largest absolute Gasteiger partial charge is 0.336 e. The van der Waals surface area contributed by atoms with Gasteiger partial charge in [0.15, 0.2) is 16.8 Å². The van der Waals surface area contributed by atoms with Crippen LogP contribution < -0.4 is 0 Å². The molecular formula is C26H22F4N4OS. The maximum atomic E-state index is 14.2. The predicted octanol–water partition coefficient (Wildman–Crippen LogP) is 6.01. The number of nitrogens with zero attached hydrogens (tertiary/aromatic N) is 4. The van der Waals surface area contributed by atoms with Crippen LogP contribution in [0.15, 0.2) is 59.9 Å². The van der Waals surface area contributed by atoms with E-state index in [1.165, 1.54) is 33.7 Å². The van der Waals surface area contributed by atoms with E-state index in [0.717, 1.165) is 35.2 Å². The third-order valence-electron chi connectivity index (χ3n) is 5.52. The summed E-state index contributed by atoms with van der Waals surface area (Å²) in [5.41, 5.74) is 2.30. The van der Waals surface area contributed by atoms with E-state index in [1.54, 1.807) is 20.2 Å². The third-order valence-corrected chi connectivity index (χ3v) is 6.49. The molecule has 2 aromatic carbocycles. The van der Waals surface area contributed by atoms with Crippen LogP contribution in [0.25, 0.3) is 5.69 Å². The van der Waals surface area contributed by atoms with Crippen molar-refractivity contribution in [1.29, 1.82) is 0 Å². The number of aromatic nitrogens is 3. The van der Waals surface area contributed by atoms with Gasteiger partial charge in [0.2, 0.25) is 0 Å². The van der Waals surface area contributed by atoms with Crippen LogP contribution in [0.1, 0.15) is 33.0 Å². The second-order valence-corrected chi connectivity index (χ2v) is 9.16. The summed E-state index contributed by atoms with van der Waals surface area (Å²) in [6.07, 6.45) is 1.66. The number of carbonyl (C=O) groups excluding carboxylic acids is 1. The van der Waals surface area contributed by atoms with Crippen LogP contribution in [-0.2, 0) is 12.3 Å². The van der Waals surface area contributed by atoms with Crippen molar-refractivity contribution in [1.82, 2.24) is 19.4 Å². The fourth-order valence-electron chi connectivity index (χ4n) is 3.75. The Morgan fingerprint density at radius 3 is 2.39 bits per heavy atom. The predicted molar refractivity (Wildman–Crippen MR) is 129 cm³/mol. The molecule has 2 aromatic heterocycles. The lowest BCUT2D eigenvalue weighted by Crippen LogP contribution is -2.29. The summed E-state index contributed by atoms with van der Waals surface area (Å²) in [5.74, 6) is -4.41. The Morgan fingerprint density at radius 2 is 1.69 bits per heavy atom. The van der Waals surface area contributed by atoms with Crippen LogP contribution in [0.2, 0.25) is 0 Å². The number of carbonyl (C=O) groups is 1. The molecule has 0 spiro atoms. The third kappa shape index (κ3) is 5.28. The lowest BCUT2D eigenvalue weighted by molar-refractivity contribution is 0.0775. The number of hydrogen-bond donors (Lipinski definition) is 0. The second-order valence-electron chi connectivity index (χ2n) is 8.22. The average molecular weight is 515 g/mol. The van der Waals surface area contributed by atoms with Crippen molar-refractivity contribution in [2.24, 2.45) is 0 Å². The van der Waals surface area contributed by atoms with Crippen molar-refractivity contribution < 1.29 is 22.4 Å². The Balaban J connectivity index is 1.72. The fourth-order valence-corrected chi connectivity index (χ4v) is 4.81. The fraction of sp³-hybridized carbons (Fsp3) is 0.192. The van der Waals surface area contributed by atoms with Crippen LogP contribution in [0.5, 0.6) is 0 Å². The second kappa shape index (κ2) is 10.5. The van der Waals surface area contributed by atoms with Gasteiger partial charge < -0.3 is 4.90 Å². The monoisotopic (exact) mass is 514 g/mol. The Hall–Kier alpha value is -3.66. The molecule has 0 unspecified atom stereocenters. The summed E-state index contributed by atoms with van der Waals surface area (Å²) >= 11 is 0.939. The molecule has 0 saturated carbocycles. The standard InChI is InChI=1S/C26H22F4N4OS/c1-15-12-17(10-11-31-15)13-33(3)25(35)24-16(2)32-26(34(24)19-6-4-18(27)5-7-19)36-14-20-21(28)8-9-22(29)23(20)30/h4-12H,13-14H2,1-3H3. The van der Waals surface area contributed by atoms with E-state index in [2.05, 4.69) is 9.97 Å². The van der Waals surface area contributed by atoms with Gasteiger partial charge in [0, 0.05) is 42.5 Å². The van der Waals surface area contributed by atoms with Crippen LogP contribution >= 0.6 is 11.8 Å². The topological polar surface area (TPSA) is 51.0 Å². The van der Waals surface area contributed by atoms with Crippen molar-refractivity contribution in [3.63, 3.8) is 0 Å². The van der Waals surface area contributed by atoms with E-state index in [1.807, 2.05) is 19.1 Å². The molecule has 10 heteroatoms. The molecule has 186 valence electrons. The van der Waals surface area contributed by atoms with Crippen molar-refractivity contribution in [2.45, 2.75) is 31.3 Å². The number of benzene rings is 2. The lowest BCUT2D eigenvalue weighted by Gasteiger charge is -2.20. The minimum Gasteiger partial charge on any atom is -0.336 e. The van der Waals surface area contributed by atoms with E-state index in [0.29, 0.717) is 17.9 Å². The van der Waals surface area contributed by atoms with Crippen molar-refractivity contribution in [2.75, 3.05) is 7.05 Å². The van der Waals surface area contributed by atoms with Gasteiger partial charge in [-0.2, -0.15) is 0 Å². The SMILES string of the molecule is Cc1cc(CN(C)C(=O)c2c(C)nc(SCc3c(F)ccc(F)c3F)n2-c2ccc(F)cc2)ccn1. The molecule has 0 atom stereocenters. The van der Waals surface area contributed by atoms with Gasteiger partial charge in [-0.25, -0.2) is 22.5 Å². The molecule has 1 amide bonds. The highest BCUT2D eigenvalue weighted by Gasteiger charge is 2.26. The highest BCUT2D eigenvalue weighted by atomic mass is 32.2. The summed E-state index contributed by atoms with van der Waals surface area (Å²) in [4.78, 5) is 23.7. The van der Waals surface area contributed by atoms with Gasteiger partial charge in [-0.15, -0.1) is 0 Å². The summed E-state index contributed by atoms with van der Waals surface area (Å²) in [6, 6.07) is 10.7. The quantitative estimate of drug-likeness (QED) is 0.172. The van der Waals surface area contributed by atoms with Gasteiger partial charge in [0.05, 0.1) is 5.69 Å². The van der Waals surface area contributed by atoms with Crippen molar-refractivity contribution in [3.05, 3.63) is 106 Å². The Kier molecular flexibility index (Phi) is 7.44. The molecule has 5 nitrogen and oxygen atoms in total.